The van der Waals surface area contributed by atoms with E-state index in [-0.39, 0.29) is 18.6 Å². The molecule has 0 aromatic heterocycles. The Balaban J connectivity index is 1.45. The topological polar surface area (TPSA) is 59.1 Å². The predicted octanol–water partition coefficient (Wildman–Crippen LogP) is 2.69. The van der Waals surface area contributed by atoms with Crippen LogP contribution >= 0.6 is 12.6 Å². The lowest BCUT2D eigenvalue weighted by Gasteiger charge is -2.23. The molecular formula is C20H20N2O4S. The Morgan fingerprint density at radius 3 is 2.33 bits per heavy atom. The third kappa shape index (κ3) is 3.60. The average molecular weight is 384 g/mol. The van der Waals surface area contributed by atoms with Crippen molar-refractivity contribution in [3.8, 4) is 11.5 Å². The van der Waals surface area contributed by atoms with Gasteiger partial charge >= 0.3 is 0 Å². The van der Waals surface area contributed by atoms with Gasteiger partial charge in [0.2, 0.25) is 6.79 Å². The maximum atomic E-state index is 12.9. The maximum absolute atomic E-state index is 12.9. The molecule has 2 heterocycles. The summed E-state index contributed by atoms with van der Waals surface area (Å²) in [5.41, 5.74) is 1.16. The number of carbonyl (C=O) groups is 2. The quantitative estimate of drug-likeness (QED) is 0.809. The number of amides is 2. The van der Waals surface area contributed by atoms with Gasteiger partial charge in [-0.2, -0.15) is 0 Å². The van der Waals surface area contributed by atoms with Crippen molar-refractivity contribution in [3.05, 3.63) is 53.6 Å². The van der Waals surface area contributed by atoms with Crippen LogP contribution in [-0.4, -0.2) is 54.6 Å². The fraction of sp³-hybridized carbons (Fsp3) is 0.300. The molecule has 4 rings (SSSR count). The summed E-state index contributed by atoms with van der Waals surface area (Å²) in [6, 6.07) is 12.5. The van der Waals surface area contributed by atoms with E-state index in [1.165, 1.54) is 0 Å². The van der Waals surface area contributed by atoms with E-state index in [1.54, 1.807) is 34.1 Å². The first kappa shape index (κ1) is 17.7. The van der Waals surface area contributed by atoms with Crippen LogP contribution in [0.4, 0.5) is 0 Å². The Morgan fingerprint density at radius 2 is 1.56 bits per heavy atom. The van der Waals surface area contributed by atoms with Crippen LogP contribution in [0.15, 0.2) is 47.4 Å². The fourth-order valence-corrected chi connectivity index (χ4v) is 3.62. The van der Waals surface area contributed by atoms with Gasteiger partial charge in [0, 0.05) is 36.6 Å². The number of hydrogen-bond donors (Lipinski definition) is 1. The Morgan fingerprint density at radius 1 is 0.852 bits per heavy atom. The van der Waals surface area contributed by atoms with Crippen LogP contribution in [0.3, 0.4) is 0 Å². The highest BCUT2D eigenvalue weighted by atomic mass is 32.1. The number of nitrogens with zero attached hydrogens (tertiary/aromatic N) is 2. The van der Waals surface area contributed by atoms with Crippen LogP contribution in [0.1, 0.15) is 27.1 Å². The number of fused-ring (bicyclic) bond motifs is 1. The molecule has 0 N–H and O–H groups in total. The molecule has 2 aliphatic rings. The third-order valence-electron chi connectivity index (χ3n) is 4.82. The van der Waals surface area contributed by atoms with Gasteiger partial charge in [0.1, 0.15) is 0 Å². The summed E-state index contributed by atoms with van der Waals surface area (Å²) in [4.78, 5) is 29.9. The van der Waals surface area contributed by atoms with Crippen molar-refractivity contribution in [1.82, 2.24) is 9.80 Å². The monoisotopic (exact) mass is 384 g/mol. The molecule has 0 unspecified atom stereocenters. The van der Waals surface area contributed by atoms with E-state index in [9.17, 15) is 9.59 Å². The van der Waals surface area contributed by atoms with Gasteiger partial charge in [-0.05, 0) is 36.8 Å². The lowest BCUT2D eigenvalue weighted by atomic mass is 10.1. The van der Waals surface area contributed by atoms with Crippen LogP contribution in [0.2, 0.25) is 0 Å². The van der Waals surface area contributed by atoms with Crippen molar-refractivity contribution in [2.75, 3.05) is 33.0 Å². The van der Waals surface area contributed by atoms with E-state index < -0.39 is 0 Å². The molecule has 27 heavy (non-hydrogen) atoms. The lowest BCUT2D eigenvalue weighted by Crippen LogP contribution is -2.37. The van der Waals surface area contributed by atoms with E-state index in [2.05, 4.69) is 12.6 Å². The number of carbonyl (C=O) groups excluding carboxylic acids is 2. The minimum atomic E-state index is -0.0582. The zero-order valence-electron chi connectivity index (χ0n) is 14.8. The van der Waals surface area contributed by atoms with E-state index in [4.69, 9.17) is 9.47 Å². The zero-order chi connectivity index (χ0) is 18.8. The van der Waals surface area contributed by atoms with Gasteiger partial charge in [-0.1, -0.05) is 12.1 Å². The van der Waals surface area contributed by atoms with E-state index in [0.29, 0.717) is 53.7 Å². The molecule has 0 spiro atoms. The second kappa shape index (κ2) is 7.52. The number of hydrogen-bond acceptors (Lipinski definition) is 5. The third-order valence-corrected chi connectivity index (χ3v) is 5.21. The number of thiol groups is 1. The normalized spacial score (nSPS) is 16.2. The smallest absolute Gasteiger partial charge is 0.255 e. The first-order valence-corrected chi connectivity index (χ1v) is 9.34. The SMILES string of the molecule is O=C(c1ccc2c(c1)OCO2)N1CCCN(C(=O)c2ccccc2S)CC1. The number of benzene rings is 2. The lowest BCUT2D eigenvalue weighted by molar-refractivity contribution is 0.0717. The second-order valence-corrected chi connectivity index (χ2v) is 7.00. The van der Waals surface area contributed by atoms with Crippen LogP contribution in [-0.2, 0) is 0 Å². The summed E-state index contributed by atoms with van der Waals surface area (Å²) in [5, 5.41) is 0. The molecule has 6 nitrogen and oxygen atoms in total. The molecule has 2 aromatic rings. The summed E-state index contributed by atoms with van der Waals surface area (Å²) < 4.78 is 10.7. The fourth-order valence-electron chi connectivity index (χ4n) is 3.36. The molecule has 0 saturated carbocycles. The van der Waals surface area contributed by atoms with E-state index in [0.717, 1.165) is 6.42 Å². The standard InChI is InChI=1S/C20H20N2O4S/c23-19(14-6-7-16-17(12-14)26-13-25-16)21-8-3-9-22(11-10-21)20(24)15-4-1-2-5-18(15)27/h1-2,4-7,12,27H,3,8-11,13H2. The summed E-state index contributed by atoms with van der Waals surface area (Å²) in [6.07, 6.45) is 0.733. The highest BCUT2D eigenvalue weighted by molar-refractivity contribution is 7.80. The molecule has 7 heteroatoms. The Labute approximate surface area is 163 Å². The summed E-state index contributed by atoms with van der Waals surface area (Å²) in [6.45, 7) is 2.40. The summed E-state index contributed by atoms with van der Waals surface area (Å²) >= 11 is 4.38. The molecule has 0 bridgehead atoms. The van der Waals surface area contributed by atoms with Crippen LogP contribution in [0.5, 0.6) is 11.5 Å². The van der Waals surface area contributed by atoms with Crippen LogP contribution < -0.4 is 9.47 Å². The molecule has 2 aliphatic heterocycles. The van der Waals surface area contributed by atoms with Crippen molar-refractivity contribution in [2.24, 2.45) is 0 Å². The molecule has 140 valence electrons. The molecule has 0 aliphatic carbocycles. The Kier molecular flexibility index (Phi) is 4.94. The Hall–Kier alpha value is -2.67. The first-order valence-electron chi connectivity index (χ1n) is 8.89. The molecule has 0 atom stereocenters. The van der Waals surface area contributed by atoms with Crippen molar-refractivity contribution < 1.29 is 19.1 Å². The van der Waals surface area contributed by atoms with Crippen molar-refractivity contribution in [3.63, 3.8) is 0 Å². The minimum Gasteiger partial charge on any atom is -0.454 e. The van der Waals surface area contributed by atoms with Gasteiger partial charge in [-0.3, -0.25) is 9.59 Å². The van der Waals surface area contributed by atoms with Crippen molar-refractivity contribution >= 4 is 24.4 Å². The summed E-state index contributed by atoms with van der Waals surface area (Å²) in [7, 11) is 0. The first-order chi connectivity index (χ1) is 13.1. The van der Waals surface area contributed by atoms with Crippen molar-refractivity contribution in [1.29, 1.82) is 0 Å². The van der Waals surface area contributed by atoms with E-state index in [1.807, 2.05) is 18.2 Å². The molecule has 0 radical (unpaired) electrons. The molecule has 2 aromatic carbocycles. The van der Waals surface area contributed by atoms with Crippen LogP contribution in [0, 0.1) is 0 Å². The van der Waals surface area contributed by atoms with Crippen LogP contribution in [0.25, 0.3) is 0 Å². The molecular weight excluding hydrogens is 364 g/mol. The van der Waals surface area contributed by atoms with Gasteiger partial charge in [-0.25, -0.2) is 0 Å². The molecule has 1 saturated heterocycles. The largest absolute Gasteiger partial charge is 0.454 e. The Bertz CT molecular complexity index is 886. The highest BCUT2D eigenvalue weighted by Crippen LogP contribution is 2.32. The van der Waals surface area contributed by atoms with Gasteiger partial charge in [0.25, 0.3) is 11.8 Å². The zero-order valence-corrected chi connectivity index (χ0v) is 15.7. The van der Waals surface area contributed by atoms with E-state index >= 15 is 0 Å². The second-order valence-electron chi connectivity index (χ2n) is 6.52. The summed E-state index contributed by atoms with van der Waals surface area (Å²) in [5.74, 6) is 1.15. The minimum absolute atomic E-state index is 0.0435. The predicted molar refractivity (Wildman–Crippen MR) is 103 cm³/mol. The van der Waals surface area contributed by atoms with Gasteiger partial charge in [0.05, 0.1) is 5.56 Å². The molecule has 2 amide bonds. The number of rotatable bonds is 2. The van der Waals surface area contributed by atoms with Gasteiger partial charge < -0.3 is 19.3 Å². The van der Waals surface area contributed by atoms with Crippen molar-refractivity contribution in [2.45, 2.75) is 11.3 Å². The number of ether oxygens (including phenoxy) is 2. The van der Waals surface area contributed by atoms with Gasteiger partial charge in [-0.15, -0.1) is 12.6 Å². The average Bonchev–Trinajstić information content (AvgIpc) is 3.02. The molecule has 1 fully saturated rings. The van der Waals surface area contributed by atoms with Gasteiger partial charge in [0.15, 0.2) is 11.5 Å². The maximum Gasteiger partial charge on any atom is 0.255 e. The highest BCUT2D eigenvalue weighted by Gasteiger charge is 2.25.